The van der Waals surface area contributed by atoms with Crippen LogP contribution in [-0.4, -0.2) is 22.8 Å². The molecule has 0 radical (unpaired) electrons. The summed E-state index contributed by atoms with van der Waals surface area (Å²) in [5.74, 6) is -1.12. The van der Waals surface area contributed by atoms with E-state index in [1.165, 1.54) is 0 Å². The maximum atomic E-state index is 11.7. The van der Waals surface area contributed by atoms with E-state index in [9.17, 15) is 14.7 Å². The summed E-state index contributed by atoms with van der Waals surface area (Å²) in [6.07, 6.45) is -0.746. The van der Waals surface area contributed by atoms with Gasteiger partial charge in [0.15, 0.2) is 6.04 Å². The number of carboxylic acid groups (broad SMARTS) is 1. The van der Waals surface area contributed by atoms with Gasteiger partial charge in [-0.25, -0.2) is 9.59 Å². The number of nitrogens with one attached hydrogen (secondary N) is 1. The van der Waals surface area contributed by atoms with E-state index in [0.717, 1.165) is 11.1 Å². The van der Waals surface area contributed by atoms with Crippen molar-refractivity contribution in [2.45, 2.75) is 46.3 Å². The quantitative estimate of drug-likeness (QED) is 0.892. The smallest absolute Gasteiger partial charge is 0.408 e. The molecule has 0 saturated heterocycles. The highest BCUT2D eigenvalue weighted by Gasteiger charge is 2.25. The summed E-state index contributed by atoms with van der Waals surface area (Å²) in [5.41, 5.74) is 1.74. The van der Waals surface area contributed by atoms with Crippen molar-refractivity contribution < 1.29 is 19.4 Å². The molecule has 0 heterocycles. The maximum absolute atomic E-state index is 11.7. The molecule has 0 bridgehead atoms. The van der Waals surface area contributed by atoms with E-state index < -0.39 is 23.7 Å². The topological polar surface area (TPSA) is 75.6 Å². The van der Waals surface area contributed by atoms with Gasteiger partial charge >= 0.3 is 12.1 Å². The number of alkyl carbamates (subject to hydrolysis) is 1. The minimum atomic E-state index is -1.12. The Morgan fingerprint density at radius 2 is 1.65 bits per heavy atom. The Kier molecular flexibility index (Phi) is 4.76. The molecule has 0 aromatic heterocycles. The van der Waals surface area contributed by atoms with Gasteiger partial charge in [-0.15, -0.1) is 0 Å². The van der Waals surface area contributed by atoms with E-state index in [2.05, 4.69) is 5.32 Å². The molecule has 0 aliphatic heterocycles. The van der Waals surface area contributed by atoms with Crippen molar-refractivity contribution in [2.24, 2.45) is 0 Å². The minimum Gasteiger partial charge on any atom is -0.479 e. The van der Waals surface area contributed by atoms with Crippen LogP contribution in [0.5, 0.6) is 0 Å². The first-order valence-electron chi connectivity index (χ1n) is 6.39. The van der Waals surface area contributed by atoms with Crippen molar-refractivity contribution in [3.63, 3.8) is 0 Å². The Balaban J connectivity index is 2.95. The molecule has 1 rings (SSSR count). The standard InChI is InChI=1S/C15H21NO4/c1-9-6-10(2)8-11(7-9)12(13(17)18)16-14(19)20-15(3,4)5/h6-8,12H,1-5H3,(H,16,19)(H,17,18)/t12-/m0/s1. The number of ether oxygens (including phenoxy) is 1. The molecule has 5 nitrogen and oxygen atoms in total. The van der Waals surface area contributed by atoms with Crippen molar-refractivity contribution in [3.8, 4) is 0 Å². The highest BCUT2D eigenvalue weighted by Crippen LogP contribution is 2.18. The fourth-order valence-electron chi connectivity index (χ4n) is 1.89. The number of hydrogen-bond donors (Lipinski definition) is 2. The van der Waals surface area contributed by atoms with Gasteiger partial charge in [0.25, 0.3) is 0 Å². The van der Waals surface area contributed by atoms with Crippen molar-refractivity contribution >= 4 is 12.1 Å². The lowest BCUT2D eigenvalue weighted by atomic mass is 10.0. The Morgan fingerprint density at radius 1 is 1.15 bits per heavy atom. The van der Waals surface area contributed by atoms with Crippen LogP contribution in [0.4, 0.5) is 4.79 Å². The Morgan fingerprint density at radius 3 is 2.05 bits per heavy atom. The molecular weight excluding hydrogens is 258 g/mol. The zero-order chi connectivity index (χ0) is 15.5. The number of rotatable bonds is 3. The highest BCUT2D eigenvalue weighted by molar-refractivity contribution is 5.81. The number of carboxylic acids is 1. The van der Waals surface area contributed by atoms with Crippen LogP contribution in [0.25, 0.3) is 0 Å². The second kappa shape index (κ2) is 5.94. The maximum Gasteiger partial charge on any atom is 0.408 e. The van der Waals surface area contributed by atoms with Crippen LogP contribution in [0.3, 0.4) is 0 Å². The van der Waals surface area contributed by atoms with Crippen LogP contribution >= 0.6 is 0 Å². The highest BCUT2D eigenvalue weighted by atomic mass is 16.6. The van der Waals surface area contributed by atoms with Gasteiger partial charge in [0.2, 0.25) is 0 Å². The molecule has 110 valence electrons. The third-order valence-corrected chi connectivity index (χ3v) is 2.49. The lowest BCUT2D eigenvalue weighted by Crippen LogP contribution is -2.38. The molecule has 0 aliphatic carbocycles. The molecule has 1 amide bonds. The van der Waals surface area contributed by atoms with Gasteiger partial charge in [0, 0.05) is 0 Å². The molecule has 1 atom stereocenters. The minimum absolute atomic E-state index is 0.529. The number of carbonyl (C=O) groups is 2. The van der Waals surface area contributed by atoms with Gasteiger partial charge in [0.1, 0.15) is 5.60 Å². The molecule has 0 unspecified atom stereocenters. The van der Waals surface area contributed by atoms with Gasteiger partial charge in [-0.05, 0) is 40.2 Å². The van der Waals surface area contributed by atoms with Crippen molar-refractivity contribution in [3.05, 3.63) is 34.9 Å². The molecular formula is C15H21NO4. The number of carbonyl (C=O) groups excluding carboxylic acids is 1. The monoisotopic (exact) mass is 279 g/mol. The molecule has 0 saturated carbocycles. The predicted octanol–water partition coefficient (Wildman–Crippen LogP) is 2.95. The number of aryl methyl sites for hydroxylation is 2. The Hall–Kier alpha value is -2.04. The lowest BCUT2D eigenvalue weighted by molar-refractivity contribution is -0.139. The molecule has 1 aromatic carbocycles. The number of benzene rings is 1. The average Bonchev–Trinajstić information content (AvgIpc) is 2.21. The largest absolute Gasteiger partial charge is 0.479 e. The first-order chi connectivity index (χ1) is 9.08. The molecule has 0 fully saturated rings. The van der Waals surface area contributed by atoms with Crippen LogP contribution in [0.15, 0.2) is 18.2 Å². The summed E-state index contributed by atoms with van der Waals surface area (Å²) >= 11 is 0. The molecule has 1 aromatic rings. The molecule has 2 N–H and O–H groups in total. The summed E-state index contributed by atoms with van der Waals surface area (Å²) in [6, 6.07) is 4.30. The fraction of sp³-hybridized carbons (Fsp3) is 0.467. The fourth-order valence-corrected chi connectivity index (χ4v) is 1.89. The van der Waals surface area contributed by atoms with E-state index in [4.69, 9.17) is 4.74 Å². The van der Waals surface area contributed by atoms with Gasteiger partial charge in [-0.1, -0.05) is 29.3 Å². The third kappa shape index (κ3) is 4.91. The number of hydrogen-bond acceptors (Lipinski definition) is 3. The van der Waals surface area contributed by atoms with Crippen LogP contribution in [-0.2, 0) is 9.53 Å². The molecule has 20 heavy (non-hydrogen) atoms. The van der Waals surface area contributed by atoms with Crippen molar-refractivity contribution in [1.82, 2.24) is 5.32 Å². The number of aliphatic carboxylic acids is 1. The average molecular weight is 279 g/mol. The lowest BCUT2D eigenvalue weighted by Gasteiger charge is -2.22. The van der Waals surface area contributed by atoms with Gasteiger partial charge in [-0.3, -0.25) is 0 Å². The number of amides is 1. The zero-order valence-electron chi connectivity index (χ0n) is 12.5. The van der Waals surface area contributed by atoms with Gasteiger partial charge < -0.3 is 15.2 Å². The van der Waals surface area contributed by atoms with Crippen LogP contribution in [0.1, 0.15) is 43.5 Å². The molecule has 0 spiro atoms. The van der Waals surface area contributed by atoms with E-state index in [0.29, 0.717) is 5.56 Å². The summed E-state index contributed by atoms with van der Waals surface area (Å²) in [7, 11) is 0. The predicted molar refractivity (Wildman–Crippen MR) is 75.7 cm³/mol. The summed E-state index contributed by atoms with van der Waals surface area (Å²) < 4.78 is 5.09. The van der Waals surface area contributed by atoms with Crippen LogP contribution in [0.2, 0.25) is 0 Å². The Labute approximate surface area is 118 Å². The van der Waals surface area contributed by atoms with Crippen LogP contribution < -0.4 is 5.32 Å². The van der Waals surface area contributed by atoms with E-state index >= 15 is 0 Å². The van der Waals surface area contributed by atoms with E-state index in [1.807, 2.05) is 19.9 Å². The molecule has 5 heteroatoms. The summed E-state index contributed by atoms with van der Waals surface area (Å²) in [5, 5.41) is 11.7. The van der Waals surface area contributed by atoms with Gasteiger partial charge in [0.05, 0.1) is 0 Å². The van der Waals surface area contributed by atoms with Crippen LogP contribution in [0, 0.1) is 13.8 Å². The Bertz CT molecular complexity index is 497. The summed E-state index contributed by atoms with van der Waals surface area (Å²) in [4.78, 5) is 23.1. The second-order valence-corrected chi connectivity index (χ2v) is 5.84. The van der Waals surface area contributed by atoms with Crippen molar-refractivity contribution in [2.75, 3.05) is 0 Å². The van der Waals surface area contributed by atoms with Gasteiger partial charge in [-0.2, -0.15) is 0 Å². The summed E-state index contributed by atoms with van der Waals surface area (Å²) in [6.45, 7) is 8.92. The van der Waals surface area contributed by atoms with E-state index in [-0.39, 0.29) is 0 Å². The molecule has 0 aliphatic rings. The van der Waals surface area contributed by atoms with E-state index in [1.54, 1.807) is 32.9 Å². The normalized spacial score (nSPS) is 12.7. The SMILES string of the molecule is Cc1cc(C)cc([C@H](NC(=O)OC(C)(C)C)C(=O)O)c1. The third-order valence-electron chi connectivity index (χ3n) is 2.49. The van der Waals surface area contributed by atoms with Crippen molar-refractivity contribution in [1.29, 1.82) is 0 Å². The second-order valence-electron chi connectivity index (χ2n) is 5.84. The first kappa shape index (κ1) is 16.0. The first-order valence-corrected chi connectivity index (χ1v) is 6.39. The zero-order valence-corrected chi connectivity index (χ0v) is 12.5.